The quantitative estimate of drug-likeness (QED) is 0.804. The molecule has 0 bridgehead atoms. The SMILES string of the molecule is CCC(C)NCc1nc(C2CCCC2)n[nH]1. The lowest BCUT2D eigenvalue weighted by Crippen LogP contribution is -2.25. The van der Waals surface area contributed by atoms with Gasteiger partial charge in [0.15, 0.2) is 5.82 Å². The zero-order chi connectivity index (χ0) is 11.4. The Hall–Kier alpha value is -0.900. The summed E-state index contributed by atoms with van der Waals surface area (Å²) in [5.74, 6) is 2.61. The fourth-order valence-corrected chi connectivity index (χ4v) is 2.17. The molecule has 1 aliphatic carbocycles. The molecule has 1 unspecified atom stereocenters. The molecule has 0 aromatic carbocycles. The van der Waals surface area contributed by atoms with E-state index in [0.29, 0.717) is 12.0 Å². The van der Waals surface area contributed by atoms with Crippen molar-refractivity contribution in [1.29, 1.82) is 0 Å². The molecular weight excluding hydrogens is 200 g/mol. The van der Waals surface area contributed by atoms with Crippen molar-refractivity contribution in [2.45, 2.75) is 64.5 Å². The van der Waals surface area contributed by atoms with Crippen LogP contribution in [0.4, 0.5) is 0 Å². The maximum Gasteiger partial charge on any atom is 0.153 e. The number of H-pyrrole nitrogens is 1. The van der Waals surface area contributed by atoms with Crippen molar-refractivity contribution in [2.24, 2.45) is 0 Å². The molecule has 4 heteroatoms. The van der Waals surface area contributed by atoms with Gasteiger partial charge < -0.3 is 5.32 Å². The number of aromatic nitrogens is 3. The molecule has 0 saturated heterocycles. The molecule has 1 saturated carbocycles. The highest BCUT2D eigenvalue weighted by molar-refractivity contribution is 4.99. The van der Waals surface area contributed by atoms with Crippen LogP contribution < -0.4 is 5.32 Å². The predicted molar refractivity (Wildman–Crippen MR) is 64.2 cm³/mol. The Morgan fingerprint density at radius 1 is 1.44 bits per heavy atom. The van der Waals surface area contributed by atoms with Crippen molar-refractivity contribution >= 4 is 0 Å². The Morgan fingerprint density at radius 3 is 2.88 bits per heavy atom. The molecule has 2 N–H and O–H groups in total. The minimum Gasteiger partial charge on any atom is -0.307 e. The van der Waals surface area contributed by atoms with E-state index in [-0.39, 0.29) is 0 Å². The topological polar surface area (TPSA) is 53.6 Å². The van der Waals surface area contributed by atoms with Gasteiger partial charge in [0, 0.05) is 12.0 Å². The molecular formula is C12H22N4. The van der Waals surface area contributed by atoms with Gasteiger partial charge in [-0.3, -0.25) is 5.10 Å². The van der Waals surface area contributed by atoms with Crippen LogP contribution in [-0.4, -0.2) is 21.2 Å². The zero-order valence-electron chi connectivity index (χ0n) is 10.3. The van der Waals surface area contributed by atoms with E-state index < -0.39 is 0 Å². The Balaban J connectivity index is 1.86. The van der Waals surface area contributed by atoms with Crippen molar-refractivity contribution in [3.63, 3.8) is 0 Å². The fourth-order valence-electron chi connectivity index (χ4n) is 2.17. The maximum absolute atomic E-state index is 4.57. The summed E-state index contributed by atoms with van der Waals surface area (Å²) in [5.41, 5.74) is 0. The molecule has 16 heavy (non-hydrogen) atoms. The number of aromatic amines is 1. The van der Waals surface area contributed by atoms with Gasteiger partial charge in [-0.25, -0.2) is 4.98 Å². The molecule has 0 amide bonds. The molecule has 0 radical (unpaired) electrons. The molecule has 1 aliphatic rings. The van der Waals surface area contributed by atoms with Gasteiger partial charge in [-0.2, -0.15) is 5.10 Å². The summed E-state index contributed by atoms with van der Waals surface area (Å²) >= 11 is 0. The summed E-state index contributed by atoms with van der Waals surface area (Å²) in [5, 5.41) is 10.8. The zero-order valence-corrected chi connectivity index (χ0v) is 10.3. The second-order valence-electron chi connectivity index (χ2n) is 4.81. The lowest BCUT2D eigenvalue weighted by Gasteiger charge is -2.08. The van der Waals surface area contributed by atoms with E-state index >= 15 is 0 Å². The van der Waals surface area contributed by atoms with Crippen LogP contribution in [0.25, 0.3) is 0 Å². The number of nitrogens with one attached hydrogen (secondary N) is 2. The average molecular weight is 222 g/mol. The van der Waals surface area contributed by atoms with Gasteiger partial charge in [0.05, 0.1) is 6.54 Å². The summed E-state index contributed by atoms with van der Waals surface area (Å²) in [7, 11) is 0. The third kappa shape index (κ3) is 2.82. The summed E-state index contributed by atoms with van der Waals surface area (Å²) in [6, 6.07) is 0.542. The Kier molecular flexibility index (Phi) is 3.93. The van der Waals surface area contributed by atoms with Crippen molar-refractivity contribution in [3.05, 3.63) is 11.6 Å². The standard InChI is InChI=1S/C12H22N4/c1-3-9(2)13-8-11-14-12(16-15-11)10-6-4-5-7-10/h9-10,13H,3-8H2,1-2H3,(H,14,15,16). The summed E-state index contributed by atoms with van der Waals surface area (Å²) < 4.78 is 0. The maximum atomic E-state index is 4.57. The molecule has 0 aliphatic heterocycles. The average Bonchev–Trinajstić information content (AvgIpc) is 2.95. The van der Waals surface area contributed by atoms with Crippen LogP contribution in [-0.2, 0) is 6.54 Å². The van der Waals surface area contributed by atoms with Crippen LogP contribution >= 0.6 is 0 Å². The molecule has 1 heterocycles. The number of hydrogen-bond acceptors (Lipinski definition) is 3. The minimum absolute atomic E-state index is 0.542. The van der Waals surface area contributed by atoms with Gasteiger partial charge >= 0.3 is 0 Å². The van der Waals surface area contributed by atoms with E-state index in [1.165, 1.54) is 25.7 Å². The van der Waals surface area contributed by atoms with Crippen LogP contribution in [0.2, 0.25) is 0 Å². The van der Waals surface area contributed by atoms with Gasteiger partial charge in [0.2, 0.25) is 0 Å². The molecule has 4 nitrogen and oxygen atoms in total. The third-order valence-corrected chi connectivity index (χ3v) is 3.50. The predicted octanol–water partition coefficient (Wildman–Crippen LogP) is 2.35. The monoisotopic (exact) mass is 222 g/mol. The van der Waals surface area contributed by atoms with E-state index in [2.05, 4.69) is 34.3 Å². The number of rotatable bonds is 5. The first kappa shape index (κ1) is 11.6. The Morgan fingerprint density at radius 2 is 2.19 bits per heavy atom. The highest BCUT2D eigenvalue weighted by Crippen LogP contribution is 2.31. The van der Waals surface area contributed by atoms with E-state index in [4.69, 9.17) is 0 Å². The van der Waals surface area contributed by atoms with Crippen molar-refractivity contribution < 1.29 is 0 Å². The summed E-state index contributed by atoms with van der Waals surface area (Å²) in [6.45, 7) is 5.17. The molecule has 1 fully saturated rings. The molecule has 1 aromatic heterocycles. The van der Waals surface area contributed by atoms with E-state index in [1.54, 1.807) is 0 Å². The van der Waals surface area contributed by atoms with Crippen molar-refractivity contribution in [3.8, 4) is 0 Å². The Bertz CT molecular complexity index is 315. The number of nitrogens with zero attached hydrogens (tertiary/aromatic N) is 2. The largest absolute Gasteiger partial charge is 0.307 e. The molecule has 0 spiro atoms. The molecule has 1 atom stereocenters. The highest BCUT2D eigenvalue weighted by Gasteiger charge is 2.20. The first-order chi connectivity index (χ1) is 7.79. The van der Waals surface area contributed by atoms with Crippen LogP contribution in [0, 0.1) is 0 Å². The van der Waals surface area contributed by atoms with Crippen molar-refractivity contribution in [2.75, 3.05) is 0 Å². The van der Waals surface area contributed by atoms with Gasteiger partial charge in [0.25, 0.3) is 0 Å². The lowest BCUT2D eigenvalue weighted by atomic mass is 10.1. The van der Waals surface area contributed by atoms with Crippen LogP contribution in [0.15, 0.2) is 0 Å². The van der Waals surface area contributed by atoms with Crippen LogP contribution in [0.5, 0.6) is 0 Å². The van der Waals surface area contributed by atoms with Crippen molar-refractivity contribution in [1.82, 2.24) is 20.5 Å². The summed E-state index contributed by atoms with van der Waals surface area (Å²) in [4.78, 5) is 4.57. The number of hydrogen-bond donors (Lipinski definition) is 2. The van der Waals surface area contributed by atoms with Gasteiger partial charge in [-0.05, 0) is 26.2 Å². The first-order valence-corrected chi connectivity index (χ1v) is 6.44. The van der Waals surface area contributed by atoms with Crippen LogP contribution in [0.1, 0.15) is 63.5 Å². The third-order valence-electron chi connectivity index (χ3n) is 3.50. The molecule has 2 rings (SSSR count). The normalized spacial score (nSPS) is 19.1. The van der Waals surface area contributed by atoms with Gasteiger partial charge in [0.1, 0.15) is 5.82 Å². The fraction of sp³-hybridized carbons (Fsp3) is 0.833. The Labute approximate surface area is 97.2 Å². The summed E-state index contributed by atoms with van der Waals surface area (Å²) in [6.07, 6.45) is 6.33. The van der Waals surface area contributed by atoms with E-state index in [1.807, 2.05) is 0 Å². The van der Waals surface area contributed by atoms with E-state index in [9.17, 15) is 0 Å². The lowest BCUT2D eigenvalue weighted by molar-refractivity contribution is 0.523. The second-order valence-corrected chi connectivity index (χ2v) is 4.81. The smallest absolute Gasteiger partial charge is 0.153 e. The minimum atomic E-state index is 0.542. The van der Waals surface area contributed by atoms with Crippen LogP contribution in [0.3, 0.4) is 0 Å². The van der Waals surface area contributed by atoms with Gasteiger partial charge in [-0.15, -0.1) is 0 Å². The van der Waals surface area contributed by atoms with E-state index in [0.717, 1.165) is 24.6 Å². The first-order valence-electron chi connectivity index (χ1n) is 6.44. The second kappa shape index (κ2) is 5.43. The molecule has 1 aromatic rings. The highest BCUT2D eigenvalue weighted by atomic mass is 15.2. The molecule has 90 valence electrons. The van der Waals surface area contributed by atoms with Gasteiger partial charge in [-0.1, -0.05) is 19.8 Å².